The summed E-state index contributed by atoms with van der Waals surface area (Å²) in [4.78, 5) is 25.0. The molecule has 2 aromatic carbocycles. The van der Waals surface area contributed by atoms with Gasteiger partial charge in [-0.3, -0.25) is 9.59 Å². The molecular formula is C19H23ClN3O2+. The minimum absolute atomic E-state index is 0.123. The van der Waals surface area contributed by atoms with Gasteiger partial charge in [-0.25, -0.2) is 0 Å². The highest BCUT2D eigenvalue weighted by molar-refractivity contribution is 6.30. The first-order valence-corrected chi connectivity index (χ1v) is 8.44. The first-order chi connectivity index (χ1) is 11.8. The van der Waals surface area contributed by atoms with Crippen molar-refractivity contribution in [2.45, 2.75) is 13.8 Å². The summed E-state index contributed by atoms with van der Waals surface area (Å²) in [7, 11) is 1.81. The van der Waals surface area contributed by atoms with Gasteiger partial charge in [-0.15, -0.1) is 0 Å². The summed E-state index contributed by atoms with van der Waals surface area (Å²) in [5, 5.41) is 6.28. The summed E-state index contributed by atoms with van der Waals surface area (Å²) in [6, 6.07) is 12.8. The van der Waals surface area contributed by atoms with Crippen LogP contribution in [0.25, 0.3) is 0 Å². The van der Waals surface area contributed by atoms with Crippen molar-refractivity contribution in [3.63, 3.8) is 0 Å². The molecule has 2 aromatic rings. The second kappa shape index (κ2) is 8.65. The van der Waals surface area contributed by atoms with E-state index in [0.717, 1.165) is 21.7 Å². The van der Waals surface area contributed by atoms with Crippen molar-refractivity contribution in [3.8, 4) is 0 Å². The lowest BCUT2D eigenvalue weighted by Crippen LogP contribution is -3.11. The second-order valence-corrected chi connectivity index (χ2v) is 6.73. The lowest BCUT2D eigenvalue weighted by Gasteiger charge is -2.14. The van der Waals surface area contributed by atoms with E-state index in [0.29, 0.717) is 10.7 Å². The molecule has 0 bridgehead atoms. The summed E-state index contributed by atoms with van der Waals surface area (Å²) in [6.45, 7) is 4.38. The van der Waals surface area contributed by atoms with E-state index >= 15 is 0 Å². The number of nitrogens with one attached hydrogen (secondary N) is 3. The topological polar surface area (TPSA) is 62.6 Å². The standard InChI is InChI=1S/C19H22ClN3O2/c1-13-8-14(2)10-17(9-13)22-19(25)12-23(3)11-18(24)21-16-6-4-15(20)5-7-16/h4-10H,11-12H2,1-3H3,(H,21,24)(H,22,25)/p+1. The predicted molar refractivity (Wildman–Crippen MR) is 101 cm³/mol. The molecule has 0 heterocycles. The zero-order chi connectivity index (χ0) is 18.4. The Morgan fingerprint density at radius 2 is 1.36 bits per heavy atom. The number of hydrogen-bond donors (Lipinski definition) is 3. The maximum Gasteiger partial charge on any atom is 0.279 e. The van der Waals surface area contributed by atoms with Crippen LogP contribution < -0.4 is 15.5 Å². The van der Waals surface area contributed by atoms with Gasteiger partial charge < -0.3 is 15.5 Å². The average Bonchev–Trinajstić information content (AvgIpc) is 2.47. The number of amides is 2. The van der Waals surface area contributed by atoms with E-state index in [4.69, 9.17) is 11.6 Å². The van der Waals surface area contributed by atoms with Crippen LogP contribution in [-0.4, -0.2) is 32.0 Å². The number of halogens is 1. The Morgan fingerprint density at radius 1 is 0.880 bits per heavy atom. The van der Waals surface area contributed by atoms with Gasteiger partial charge in [0.1, 0.15) is 0 Å². The van der Waals surface area contributed by atoms with E-state index in [1.54, 1.807) is 24.3 Å². The SMILES string of the molecule is Cc1cc(C)cc(NC(=O)C[NH+](C)CC(=O)Nc2ccc(Cl)cc2)c1. The van der Waals surface area contributed by atoms with Crippen LogP contribution >= 0.6 is 11.6 Å². The molecule has 0 aliphatic carbocycles. The summed E-state index contributed by atoms with van der Waals surface area (Å²) >= 11 is 5.81. The Hall–Kier alpha value is -2.37. The zero-order valence-corrected chi connectivity index (χ0v) is 15.4. The van der Waals surface area contributed by atoms with Gasteiger partial charge in [-0.05, 0) is 61.4 Å². The highest BCUT2D eigenvalue weighted by Crippen LogP contribution is 2.14. The molecule has 2 rings (SSSR count). The normalized spacial score (nSPS) is 11.7. The van der Waals surface area contributed by atoms with Crippen molar-refractivity contribution in [2.24, 2.45) is 0 Å². The third-order valence-electron chi connectivity index (χ3n) is 3.56. The number of rotatable bonds is 6. The van der Waals surface area contributed by atoms with E-state index in [2.05, 4.69) is 10.6 Å². The van der Waals surface area contributed by atoms with E-state index in [9.17, 15) is 9.59 Å². The Labute approximate surface area is 153 Å². The number of benzene rings is 2. The number of aryl methyl sites for hydroxylation is 2. The number of quaternary nitrogens is 1. The fourth-order valence-corrected chi connectivity index (χ4v) is 2.73. The summed E-state index contributed by atoms with van der Waals surface area (Å²) in [5.74, 6) is -0.277. The van der Waals surface area contributed by atoms with Crippen LogP contribution in [0.4, 0.5) is 11.4 Å². The zero-order valence-electron chi connectivity index (χ0n) is 14.7. The Bertz CT molecular complexity index is 740. The van der Waals surface area contributed by atoms with Gasteiger partial charge in [0.15, 0.2) is 13.1 Å². The summed E-state index contributed by atoms with van der Waals surface area (Å²) in [5.41, 5.74) is 3.65. The fraction of sp³-hybridized carbons (Fsp3) is 0.263. The van der Waals surface area contributed by atoms with E-state index < -0.39 is 0 Å². The maximum absolute atomic E-state index is 12.1. The van der Waals surface area contributed by atoms with Crippen molar-refractivity contribution in [1.82, 2.24) is 0 Å². The van der Waals surface area contributed by atoms with Gasteiger partial charge in [0.05, 0.1) is 7.05 Å². The number of likely N-dealkylation sites (N-methyl/N-ethyl adjacent to an activating group) is 1. The molecule has 1 unspecified atom stereocenters. The molecule has 0 saturated heterocycles. The number of anilines is 2. The van der Waals surface area contributed by atoms with Crippen molar-refractivity contribution in [1.29, 1.82) is 0 Å². The molecule has 0 aromatic heterocycles. The maximum atomic E-state index is 12.1. The quantitative estimate of drug-likeness (QED) is 0.738. The molecule has 2 amide bonds. The van der Waals surface area contributed by atoms with Gasteiger partial charge in [0.25, 0.3) is 11.8 Å². The van der Waals surface area contributed by atoms with Crippen molar-refractivity contribution < 1.29 is 14.5 Å². The highest BCUT2D eigenvalue weighted by Gasteiger charge is 2.14. The fourth-order valence-electron chi connectivity index (χ4n) is 2.60. The number of carbonyl (C=O) groups excluding carboxylic acids is 2. The molecule has 132 valence electrons. The molecule has 1 atom stereocenters. The first-order valence-electron chi connectivity index (χ1n) is 8.06. The van der Waals surface area contributed by atoms with Crippen LogP contribution in [-0.2, 0) is 9.59 Å². The largest absolute Gasteiger partial charge is 0.322 e. The molecule has 3 N–H and O–H groups in total. The van der Waals surface area contributed by atoms with Crippen LogP contribution in [0.1, 0.15) is 11.1 Å². The minimum Gasteiger partial charge on any atom is -0.322 e. The summed E-state index contributed by atoms with van der Waals surface area (Å²) in [6.07, 6.45) is 0. The summed E-state index contributed by atoms with van der Waals surface area (Å²) < 4.78 is 0. The van der Waals surface area contributed by atoms with Crippen LogP contribution in [0, 0.1) is 13.8 Å². The molecular weight excluding hydrogens is 338 g/mol. The second-order valence-electron chi connectivity index (χ2n) is 6.29. The molecule has 5 nitrogen and oxygen atoms in total. The van der Waals surface area contributed by atoms with Gasteiger partial charge in [-0.2, -0.15) is 0 Å². The average molecular weight is 361 g/mol. The highest BCUT2D eigenvalue weighted by atomic mass is 35.5. The van der Waals surface area contributed by atoms with E-state index in [1.165, 1.54) is 0 Å². The Kier molecular flexibility index (Phi) is 6.56. The van der Waals surface area contributed by atoms with Crippen LogP contribution in [0.2, 0.25) is 5.02 Å². The molecule has 0 radical (unpaired) electrons. The van der Waals surface area contributed by atoms with Gasteiger partial charge in [0.2, 0.25) is 0 Å². The first kappa shape index (κ1) is 19.0. The van der Waals surface area contributed by atoms with Crippen molar-refractivity contribution >= 4 is 34.8 Å². The molecule has 6 heteroatoms. The lowest BCUT2D eigenvalue weighted by molar-refractivity contribution is -0.862. The van der Waals surface area contributed by atoms with Crippen LogP contribution in [0.15, 0.2) is 42.5 Å². The van der Waals surface area contributed by atoms with E-state index in [-0.39, 0.29) is 24.9 Å². The number of hydrogen-bond acceptors (Lipinski definition) is 2. The molecule has 0 spiro atoms. The monoisotopic (exact) mass is 360 g/mol. The smallest absolute Gasteiger partial charge is 0.279 e. The van der Waals surface area contributed by atoms with Crippen LogP contribution in [0.5, 0.6) is 0 Å². The van der Waals surface area contributed by atoms with Gasteiger partial charge >= 0.3 is 0 Å². The van der Waals surface area contributed by atoms with Crippen molar-refractivity contribution in [3.05, 3.63) is 58.6 Å². The third-order valence-corrected chi connectivity index (χ3v) is 3.81. The van der Waals surface area contributed by atoms with Gasteiger partial charge in [0, 0.05) is 16.4 Å². The van der Waals surface area contributed by atoms with Crippen molar-refractivity contribution in [2.75, 3.05) is 30.8 Å². The molecule has 0 aliphatic rings. The molecule has 0 saturated carbocycles. The van der Waals surface area contributed by atoms with Gasteiger partial charge in [-0.1, -0.05) is 17.7 Å². The molecule has 25 heavy (non-hydrogen) atoms. The third kappa shape index (κ3) is 6.57. The molecule has 0 fully saturated rings. The predicted octanol–water partition coefficient (Wildman–Crippen LogP) is 2.05. The minimum atomic E-state index is -0.154. The van der Waals surface area contributed by atoms with Crippen LogP contribution in [0.3, 0.4) is 0 Å². The molecule has 0 aliphatic heterocycles. The number of carbonyl (C=O) groups is 2. The Morgan fingerprint density at radius 3 is 1.88 bits per heavy atom. The lowest BCUT2D eigenvalue weighted by atomic mass is 10.1. The Balaban J connectivity index is 1.82. The van der Waals surface area contributed by atoms with E-state index in [1.807, 2.05) is 39.1 Å².